The molecule has 1 aromatic rings. The van der Waals surface area contributed by atoms with E-state index in [1.807, 2.05) is 0 Å². The molecule has 1 fully saturated rings. The molecule has 0 spiro atoms. The topological polar surface area (TPSA) is 75.3 Å². The summed E-state index contributed by atoms with van der Waals surface area (Å²) in [6.45, 7) is 0.502. The Morgan fingerprint density at radius 1 is 1.20 bits per heavy atom. The van der Waals surface area contributed by atoms with Gasteiger partial charge < -0.3 is 5.32 Å². The number of sulfonamides is 1. The van der Waals surface area contributed by atoms with Crippen molar-refractivity contribution in [2.24, 2.45) is 0 Å². The maximum atomic E-state index is 13.1. The Bertz CT molecular complexity index is 619. The second-order valence-corrected chi connectivity index (χ2v) is 6.25. The number of carbonyl (C=O) groups excluding carboxylic acids is 1. The molecule has 2 rings (SSSR count). The Kier molecular flexibility index (Phi) is 4.34. The zero-order chi connectivity index (χ0) is 14.8. The number of amides is 1. The van der Waals surface area contributed by atoms with Crippen molar-refractivity contribution >= 4 is 15.9 Å². The van der Waals surface area contributed by atoms with Crippen LogP contribution < -0.4 is 10.0 Å². The summed E-state index contributed by atoms with van der Waals surface area (Å²) in [6.07, 6.45) is 1.84. The minimum absolute atomic E-state index is 0.370. The van der Waals surface area contributed by atoms with Crippen molar-refractivity contribution in [1.29, 1.82) is 0 Å². The van der Waals surface area contributed by atoms with Gasteiger partial charge in [0.15, 0.2) is 11.6 Å². The molecule has 1 aliphatic heterocycles. The lowest BCUT2D eigenvalue weighted by atomic mass is 10.1. The summed E-state index contributed by atoms with van der Waals surface area (Å²) in [6, 6.07) is 1.38. The molecule has 0 bridgehead atoms. The fraction of sp³-hybridized carbons (Fsp3) is 0.417. The Hall–Kier alpha value is -1.54. The van der Waals surface area contributed by atoms with Gasteiger partial charge in [0.2, 0.25) is 15.9 Å². The average Bonchev–Trinajstić information content (AvgIpc) is 2.58. The van der Waals surface area contributed by atoms with E-state index in [0.717, 1.165) is 18.6 Å². The maximum Gasteiger partial charge on any atom is 0.241 e. The third-order valence-corrected chi connectivity index (χ3v) is 4.50. The molecular weight excluding hydrogens is 290 g/mol. The van der Waals surface area contributed by atoms with Crippen molar-refractivity contribution in [3.8, 4) is 0 Å². The molecule has 1 saturated heterocycles. The van der Waals surface area contributed by atoms with Gasteiger partial charge in [0, 0.05) is 6.54 Å². The first kappa shape index (κ1) is 14.9. The van der Waals surface area contributed by atoms with E-state index in [4.69, 9.17) is 0 Å². The molecule has 0 aromatic heterocycles. The van der Waals surface area contributed by atoms with Crippen LogP contribution in [0.5, 0.6) is 0 Å². The predicted molar refractivity (Wildman–Crippen MR) is 67.3 cm³/mol. The predicted octanol–water partition coefficient (Wildman–Crippen LogP) is 0.912. The second kappa shape index (κ2) is 5.84. The lowest BCUT2D eigenvalue weighted by Crippen LogP contribution is -2.45. The number of carbonyl (C=O) groups is 1. The highest BCUT2D eigenvalue weighted by Gasteiger charge is 2.27. The van der Waals surface area contributed by atoms with Gasteiger partial charge in [0.25, 0.3) is 0 Å². The van der Waals surface area contributed by atoms with Crippen LogP contribution in [0.15, 0.2) is 23.1 Å². The number of nitrogens with one attached hydrogen (secondary N) is 2. The first-order chi connectivity index (χ1) is 9.40. The fourth-order valence-corrected chi connectivity index (χ4v) is 3.19. The van der Waals surface area contributed by atoms with Crippen molar-refractivity contribution < 1.29 is 22.0 Å². The number of halogens is 2. The van der Waals surface area contributed by atoms with Crippen LogP contribution >= 0.6 is 0 Å². The highest BCUT2D eigenvalue weighted by Crippen LogP contribution is 2.15. The van der Waals surface area contributed by atoms with Crippen LogP contribution in [0, 0.1) is 11.6 Å². The van der Waals surface area contributed by atoms with E-state index in [0.29, 0.717) is 25.5 Å². The Morgan fingerprint density at radius 3 is 2.65 bits per heavy atom. The van der Waals surface area contributed by atoms with Gasteiger partial charge in [-0.05, 0) is 37.5 Å². The smallest absolute Gasteiger partial charge is 0.241 e. The van der Waals surface area contributed by atoms with Gasteiger partial charge in [-0.3, -0.25) is 4.79 Å². The van der Waals surface area contributed by atoms with Crippen LogP contribution in [-0.4, -0.2) is 26.9 Å². The SMILES string of the molecule is O=C1NCCCCC1NS(=O)(=O)c1ccc(F)c(F)c1. The Labute approximate surface area is 115 Å². The number of hydrogen-bond acceptors (Lipinski definition) is 3. The summed E-state index contributed by atoms with van der Waals surface area (Å²) >= 11 is 0. The fourth-order valence-electron chi connectivity index (χ4n) is 1.95. The van der Waals surface area contributed by atoms with Crippen molar-refractivity contribution in [1.82, 2.24) is 10.0 Å². The zero-order valence-electron chi connectivity index (χ0n) is 10.5. The molecule has 0 aliphatic carbocycles. The van der Waals surface area contributed by atoms with E-state index in [2.05, 4.69) is 10.0 Å². The second-order valence-electron chi connectivity index (χ2n) is 4.54. The normalized spacial score (nSPS) is 20.3. The Morgan fingerprint density at radius 2 is 1.95 bits per heavy atom. The van der Waals surface area contributed by atoms with Gasteiger partial charge in [-0.25, -0.2) is 17.2 Å². The minimum atomic E-state index is -4.07. The highest BCUT2D eigenvalue weighted by atomic mass is 32.2. The monoisotopic (exact) mass is 304 g/mol. The molecule has 5 nitrogen and oxygen atoms in total. The molecule has 20 heavy (non-hydrogen) atoms. The highest BCUT2D eigenvalue weighted by molar-refractivity contribution is 7.89. The average molecular weight is 304 g/mol. The third-order valence-electron chi connectivity index (χ3n) is 3.03. The summed E-state index contributed by atoms with van der Waals surface area (Å²) in [5, 5.41) is 2.59. The van der Waals surface area contributed by atoms with Crippen molar-refractivity contribution in [3.63, 3.8) is 0 Å². The molecule has 1 amide bonds. The molecule has 0 saturated carbocycles. The molecule has 1 atom stereocenters. The lowest BCUT2D eigenvalue weighted by molar-refractivity contribution is -0.122. The maximum absolute atomic E-state index is 13.1. The summed E-state index contributed by atoms with van der Waals surface area (Å²) < 4.78 is 52.2. The van der Waals surface area contributed by atoms with Gasteiger partial charge in [0.1, 0.15) is 6.04 Å². The summed E-state index contributed by atoms with van der Waals surface area (Å²) in [7, 11) is -4.07. The van der Waals surface area contributed by atoms with E-state index in [1.165, 1.54) is 0 Å². The van der Waals surface area contributed by atoms with Crippen molar-refractivity contribution in [2.45, 2.75) is 30.2 Å². The molecule has 2 N–H and O–H groups in total. The Balaban J connectivity index is 2.21. The van der Waals surface area contributed by atoms with Gasteiger partial charge in [-0.2, -0.15) is 4.72 Å². The van der Waals surface area contributed by atoms with E-state index in [-0.39, 0.29) is 0 Å². The van der Waals surface area contributed by atoms with Crippen LogP contribution in [0.1, 0.15) is 19.3 Å². The number of benzene rings is 1. The first-order valence-corrected chi connectivity index (χ1v) is 7.63. The molecule has 8 heteroatoms. The van der Waals surface area contributed by atoms with E-state index in [9.17, 15) is 22.0 Å². The van der Waals surface area contributed by atoms with Crippen molar-refractivity contribution in [2.75, 3.05) is 6.54 Å². The lowest BCUT2D eigenvalue weighted by Gasteiger charge is -2.15. The van der Waals surface area contributed by atoms with Gasteiger partial charge >= 0.3 is 0 Å². The zero-order valence-corrected chi connectivity index (χ0v) is 11.3. The van der Waals surface area contributed by atoms with Crippen LogP contribution in [0.3, 0.4) is 0 Å². The van der Waals surface area contributed by atoms with Crippen molar-refractivity contribution in [3.05, 3.63) is 29.8 Å². The molecule has 1 aromatic carbocycles. The molecule has 110 valence electrons. The number of hydrogen-bond donors (Lipinski definition) is 2. The summed E-state index contributed by atoms with van der Waals surface area (Å²) in [5.74, 6) is -2.79. The number of rotatable bonds is 3. The van der Waals surface area contributed by atoms with Crippen LogP contribution in [0.2, 0.25) is 0 Å². The minimum Gasteiger partial charge on any atom is -0.355 e. The van der Waals surface area contributed by atoms with E-state index >= 15 is 0 Å². The van der Waals surface area contributed by atoms with Gasteiger partial charge in [-0.15, -0.1) is 0 Å². The van der Waals surface area contributed by atoms with Gasteiger partial charge in [0.05, 0.1) is 4.90 Å². The molecule has 0 radical (unpaired) electrons. The van der Waals surface area contributed by atoms with Crippen LogP contribution in [0.25, 0.3) is 0 Å². The standard InChI is InChI=1S/C12H14F2N2O3S/c13-9-5-4-8(7-10(9)14)20(18,19)16-11-3-1-2-6-15-12(11)17/h4-5,7,11,16H,1-3,6H2,(H,15,17). The molecular formula is C12H14F2N2O3S. The summed E-state index contributed by atoms with van der Waals surface area (Å²) in [4.78, 5) is 11.3. The molecule has 1 unspecified atom stereocenters. The third kappa shape index (κ3) is 3.31. The van der Waals surface area contributed by atoms with E-state index in [1.54, 1.807) is 0 Å². The first-order valence-electron chi connectivity index (χ1n) is 6.15. The molecule has 1 heterocycles. The largest absolute Gasteiger partial charge is 0.355 e. The van der Waals surface area contributed by atoms with Gasteiger partial charge in [-0.1, -0.05) is 0 Å². The quantitative estimate of drug-likeness (QED) is 0.871. The van der Waals surface area contributed by atoms with Crippen LogP contribution in [-0.2, 0) is 14.8 Å². The van der Waals surface area contributed by atoms with Crippen LogP contribution in [0.4, 0.5) is 8.78 Å². The summed E-state index contributed by atoms with van der Waals surface area (Å²) in [5.41, 5.74) is 0. The van der Waals surface area contributed by atoms with E-state index < -0.39 is 38.5 Å². The molecule has 1 aliphatic rings.